The molecule has 29 heavy (non-hydrogen) atoms. The van der Waals surface area contributed by atoms with Crippen LogP contribution in [0.2, 0.25) is 0 Å². The van der Waals surface area contributed by atoms with Crippen molar-refractivity contribution in [3.63, 3.8) is 0 Å². The van der Waals surface area contributed by atoms with Gasteiger partial charge in [0.05, 0.1) is 22.1 Å². The fourth-order valence-corrected chi connectivity index (χ4v) is 4.66. The van der Waals surface area contributed by atoms with Crippen molar-refractivity contribution < 1.29 is 18.3 Å². The molecular formula is C21H23N3O4S. The van der Waals surface area contributed by atoms with E-state index in [9.17, 15) is 18.3 Å². The highest BCUT2D eigenvalue weighted by Crippen LogP contribution is 2.26. The maximum absolute atomic E-state index is 12.8. The molecule has 3 rings (SSSR count). The third-order valence-corrected chi connectivity index (χ3v) is 6.98. The van der Waals surface area contributed by atoms with Crippen LogP contribution in [-0.2, 0) is 10.0 Å². The van der Waals surface area contributed by atoms with Gasteiger partial charge in [0.1, 0.15) is 5.75 Å². The monoisotopic (exact) mass is 413 g/mol. The van der Waals surface area contributed by atoms with Gasteiger partial charge in [-0.25, -0.2) is 8.42 Å². The number of nitrogens with zero attached hydrogens (tertiary/aromatic N) is 3. The molecule has 0 atom stereocenters. The van der Waals surface area contributed by atoms with Gasteiger partial charge in [0, 0.05) is 26.2 Å². The minimum atomic E-state index is -3.69. The molecule has 0 bridgehead atoms. The molecule has 0 unspecified atom stereocenters. The molecule has 0 saturated carbocycles. The molecule has 1 amide bonds. The minimum Gasteiger partial charge on any atom is -0.507 e. The lowest BCUT2D eigenvalue weighted by molar-refractivity contribution is 0.0695. The number of carbonyl (C=O) groups is 1. The summed E-state index contributed by atoms with van der Waals surface area (Å²) in [7, 11) is -3.69. The molecule has 1 N–H and O–H groups in total. The van der Waals surface area contributed by atoms with E-state index >= 15 is 0 Å². The second kappa shape index (κ2) is 8.23. The normalized spacial score (nSPS) is 15.3. The highest BCUT2D eigenvalue weighted by atomic mass is 32.2. The van der Waals surface area contributed by atoms with Crippen LogP contribution in [0.1, 0.15) is 41.3 Å². The van der Waals surface area contributed by atoms with Crippen LogP contribution in [-0.4, -0.2) is 54.8 Å². The fraction of sp³-hybridized carbons (Fsp3) is 0.333. The largest absolute Gasteiger partial charge is 0.507 e. The summed E-state index contributed by atoms with van der Waals surface area (Å²) in [5, 5.41) is 19.1. The van der Waals surface area contributed by atoms with Crippen LogP contribution >= 0.6 is 0 Å². The number of piperazine rings is 1. The first-order chi connectivity index (χ1) is 13.7. The summed E-state index contributed by atoms with van der Waals surface area (Å²) in [6.45, 7) is 4.81. The van der Waals surface area contributed by atoms with Crippen molar-refractivity contribution in [1.82, 2.24) is 9.21 Å². The van der Waals surface area contributed by atoms with Gasteiger partial charge in [-0.15, -0.1) is 0 Å². The maximum Gasteiger partial charge on any atom is 0.257 e. The zero-order valence-electron chi connectivity index (χ0n) is 16.4. The lowest BCUT2D eigenvalue weighted by atomic mass is 10.0. The fourth-order valence-electron chi connectivity index (χ4n) is 3.24. The van der Waals surface area contributed by atoms with E-state index in [2.05, 4.69) is 0 Å². The van der Waals surface area contributed by atoms with E-state index < -0.39 is 10.0 Å². The topological polar surface area (TPSA) is 102 Å². The Labute approximate surface area is 170 Å². The molecule has 0 spiro atoms. The molecule has 1 aliphatic heterocycles. The third kappa shape index (κ3) is 4.26. The SMILES string of the molecule is CC(C)c1ccc(C(=O)N2CCN(S(=O)(=O)c3ccc(C#N)cc3)CC2)c(O)c1. The molecular weight excluding hydrogens is 390 g/mol. The van der Waals surface area contributed by atoms with Crippen molar-refractivity contribution in [3.8, 4) is 11.8 Å². The van der Waals surface area contributed by atoms with E-state index in [-0.39, 0.29) is 54.2 Å². The molecule has 0 aromatic heterocycles. The van der Waals surface area contributed by atoms with Crippen molar-refractivity contribution in [1.29, 1.82) is 5.26 Å². The van der Waals surface area contributed by atoms with Crippen molar-refractivity contribution in [2.45, 2.75) is 24.7 Å². The first kappa shape index (κ1) is 20.8. The number of amides is 1. The Kier molecular flexibility index (Phi) is 5.91. The van der Waals surface area contributed by atoms with Crippen molar-refractivity contribution in [3.05, 3.63) is 59.2 Å². The molecule has 2 aromatic carbocycles. The van der Waals surface area contributed by atoms with E-state index in [1.165, 1.54) is 28.6 Å². The van der Waals surface area contributed by atoms with Gasteiger partial charge in [-0.2, -0.15) is 9.57 Å². The van der Waals surface area contributed by atoms with E-state index in [4.69, 9.17) is 5.26 Å². The van der Waals surface area contributed by atoms with Crippen LogP contribution in [0.3, 0.4) is 0 Å². The molecule has 152 valence electrons. The maximum atomic E-state index is 12.8. The first-order valence-electron chi connectivity index (χ1n) is 9.36. The smallest absolute Gasteiger partial charge is 0.257 e. The van der Waals surface area contributed by atoms with Crippen LogP contribution in [0.4, 0.5) is 0 Å². The van der Waals surface area contributed by atoms with Gasteiger partial charge in [-0.1, -0.05) is 19.9 Å². The van der Waals surface area contributed by atoms with Crippen molar-refractivity contribution in [2.75, 3.05) is 26.2 Å². The molecule has 7 nitrogen and oxygen atoms in total. The number of aromatic hydroxyl groups is 1. The molecule has 2 aromatic rings. The summed E-state index contributed by atoms with van der Waals surface area (Å²) in [6.07, 6.45) is 0. The van der Waals surface area contributed by atoms with Gasteiger partial charge in [0.25, 0.3) is 5.91 Å². The van der Waals surface area contributed by atoms with Gasteiger partial charge in [-0.05, 0) is 47.9 Å². The Morgan fingerprint density at radius 1 is 1.07 bits per heavy atom. The molecule has 8 heteroatoms. The molecule has 1 fully saturated rings. The predicted octanol–water partition coefficient (Wildman–Crippen LogP) is 2.53. The van der Waals surface area contributed by atoms with Crippen LogP contribution < -0.4 is 0 Å². The van der Waals surface area contributed by atoms with Gasteiger partial charge in [0.15, 0.2) is 0 Å². The van der Waals surface area contributed by atoms with Gasteiger partial charge >= 0.3 is 0 Å². The number of benzene rings is 2. The Morgan fingerprint density at radius 2 is 1.69 bits per heavy atom. The molecule has 1 heterocycles. The summed E-state index contributed by atoms with van der Waals surface area (Å²) in [5.74, 6) is -0.136. The molecule has 0 aliphatic carbocycles. The van der Waals surface area contributed by atoms with E-state index in [0.717, 1.165) is 5.56 Å². The lowest BCUT2D eigenvalue weighted by Crippen LogP contribution is -2.50. The summed E-state index contributed by atoms with van der Waals surface area (Å²) in [5.41, 5.74) is 1.55. The molecule has 0 radical (unpaired) electrons. The second-order valence-corrected chi connectivity index (χ2v) is 9.20. The Morgan fingerprint density at radius 3 is 2.21 bits per heavy atom. The number of hydrogen-bond donors (Lipinski definition) is 1. The highest BCUT2D eigenvalue weighted by Gasteiger charge is 2.31. The van der Waals surface area contributed by atoms with Crippen LogP contribution in [0, 0.1) is 11.3 Å². The van der Waals surface area contributed by atoms with E-state index in [0.29, 0.717) is 5.56 Å². The zero-order valence-corrected chi connectivity index (χ0v) is 17.2. The van der Waals surface area contributed by atoms with Gasteiger partial charge < -0.3 is 10.0 Å². The first-order valence-corrected chi connectivity index (χ1v) is 10.8. The quantitative estimate of drug-likeness (QED) is 0.830. The average molecular weight is 413 g/mol. The predicted molar refractivity (Wildman–Crippen MR) is 108 cm³/mol. The summed E-state index contributed by atoms with van der Waals surface area (Å²) < 4.78 is 26.9. The van der Waals surface area contributed by atoms with Crippen LogP contribution in [0.5, 0.6) is 5.75 Å². The standard InChI is InChI=1S/C21H23N3O4S/c1-15(2)17-5-8-19(20(25)13-17)21(26)23-9-11-24(12-10-23)29(27,28)18-6-3-16(14-22)4-7-18/h3-8,13,15,25H,9-12H2,1-2H3. The molecule has 1 aliphatic rings. The zero-order chi connectivity index (χ0) is 21.2. The number of phenols is 1. The average Bonchev–Trinajstić information content (AvgIpc) is 2.73. The number of rotatable bonds is 4. The third-order valence-electron chi connectivity index (χ3n) is 5.07. The van der Waals surface area contributed by atoms with Gasteiger partial charge in [0.2, 0.25) is 10.0 Å². The summed E-state index contributed by atoms with van der Waals surface area (Å²) in [4.78, 5) is 14.4. The van der Waals surface area contributed by atoms with E-state index in [1.54, 1.807) is 17.0 Å². The highest BCUT2D eigenvalue weighted by molar-refractivity contribution is 7.89. The van der Waals surface area contributed by atoms with Crippen molar-refractivity contribution >= 4 is 15.9 Å². The Balaban J connectivity index is 1.70. The van der Waals surface area contributed by atoms with Crippen LogP contribution in [0.25, 0.3) is 0 Å². The number of sulfonamides is 1. The van der Waals surface area contributed by atoms with E-state index in [1.807, 2.05) is 26.0 Å². The summed E-state index contributed by atoms with van der Waals surface area (Å²) in [6, 6.07) is 12.8. The minimum absolute atomic E-state index is 0.0613. The Bertz CT molecular complexity index is 1050. The summed E-state index contributed by atoms with van der Waals surface area (Å²) >= 11 is 0. The second-order valence-electron chi connectivity index (χ2n) is 7.26. The van der Waals surface area contributed by atoms with Gasteiger partial charge in [-0.3, -0.25) is 4.79 Å². The Hall–Kier alpha value is -2.89. The number of phenolic OH excluding ortho intramolecular Hbond substituents is 1. The lowest BCUT2D eigenvalue weighted by Gasteiger charge is -2.34. The van der Waals surface area contributed by atoms with Crippen LogP contribution in [0.15, 0.2) is 47.4 Å². The number of hydrogen-bond acceptors (Lipinski definition) is 5. The number of carbonyl (C=O) groups excluding carboxylic acids is 1. The van der Waals surface area contributed by atoms with Crippen molar-refractivity contribution in [2.24, 2.45) is 0 Å². The number of nitriles is 1. The molecule has 1 saturated heterocycles.